The molecule has 0 radical (unpaired) electrons. The monoisotopic (exact) mass is 417 g/mol. The molecule has 3 heterocycles. The summed E-state index contributed by atoms with van der Waals surface area (Å²) in [5, 5.41) is 21.4. The van der Waals surface area contributed by atoms with Gasteiger partial charge in [-0.25, -0.2) is 0 Å². The molecule has 0 spiro atoms. The molecular formula is C24H27N5O2. The molecule has 1 aromatic carbocycles. The van der Waals surface area contributed by atoms with Crippen LogP contribution >= 0.6 is 0 Å². The fourth-order valence-electron chi connectivity index (χ4n) is 3.78. The summed E-state index contributed by atoms with van der Waals surface area (Å²) in [6.07, 6.45) is 2.28. The van der Waals surface area contributed by atoms with Crippen molar-refractivity contribution in [2.24, 2.45) is 7.05 Å². The zero-order valence-electron chi connectivity index (χ0n) is 18.4. The van der Waals surface area contributed by atoms with E-state index in [0.29, 0.717) is 17.8 Å². The van der Waals surface area contributed by atoms with Gasteiger partial charge in [0.05, 0.1) is 11.1 Å². The Morgan fingerprint density at radius 1 is 1.13 bits per heavy atom. The van der Waals surface area contributed by atoms with Crippen molar-refractivity contribution in [3.8, 4) is 11.1 Å². The van der Waals surface area contributed by atoms with Gasteiger partial charge in [0.15, 0.2) is 5.82 Å². The summed E-state index contributed by atoms with van der Waals surface area (Å²) in [7, 11) is 1.79. The average molecular weight is 418 g/mol. The summed E-state index contributed by atoms with van der Waals surface area (Å²) in [4.78, 5) is 17.5. The van der Waals surface area contributed by atoms with Gasteiger partial charge >= 0.3 is 0 Å². The first-order valence-electron chi connectivity index (χ1n) is 10.2. The Morgan fingerprint density at radius 2 is 1.90 bits per heavy atom. The number of aryl methyl sites for hydroxylation is 3. The van der Waals surface area contributed by atoms with Crippen LogP contribution in [0.3, 0.4) is 0 Å². The van der Waals surface area contributed by atoms with Gasteiger partial charge in [-0.15, -0.1) is 0 Å². The van der Waals surface area contributed by atoms with E-state index in [1.165, 1.54) is 0 Å². The molecule has 0 atom stereocenters. The molecule has 4 rings (SSSR count). The number of hydrogen-bond acceptors (Lipinski definition) is 5. The number of aromatic nitrogens is 4. The number of nitrogens with one attached hydrogen (secondary N) is 2. The van der Waals surface area contributed by atoms with E-state index in [0.717, 1.165) is 39.1 Å². The van der Waals surface area contributed by atoms with Crippen molar-refractivity contribution in [2.45, 2.75) is 39.7 Å². The molecule has 3 aromatic heterocycles. The van der Waals surface area contributed by atoms with E-state index < -0.39 is 5.60 Å². The number of rotatable bonds is 5. The molecule has 4 aromatic rings. The Morgan fingerprint density at radius 3 is 2.65 bits per heavy atom. The minimum atomic E-state index is -0.815. The summed E-state index contributed by atoms with van der Waals surface area (Å²) in [5.74, 6) is 0.653. The van der Waals surface area contributed by atoms with Gasteiger partial charge in [0.2, 0.25) is 0 Å². The van der Waals surface area contributed by atoms with Crippen molar-refractivity contribution < 1.29 is 5.11 Å². The third-order valence-corrected chi connectivity index (χ3v) is 5.30. The molecule has 7 heteroatoms. The largest absolute Gasteiger partial charge is 0.390 e. The summed E-state index contributed by atoms with van der Waals surface area (Å²) in [6.45, 7) is 7.42. The van der Waals surface area contributed by atoms with E-state index in [2.05, 4.69) is 20.5 Å². The van der Waals surface area contributed by atoms with Gasteiger partial charge in [0.25, 0.3) is 5.56 Å². The second kappa shape index (κ2) is 7.67. The highest BCUT2D eigenvalue weighted by molar-refractivity contribution is 5.85. The fraction of sp³-hybridized carbons (Fsp3) is 0.292. The predicted octanol–water partition coefficient (Wildman–Crippen LogP) is 4.00. The van der Waals surface area contributed by atoms with Crippen molar-refractivity contribution >= 4 is 22.4 Å². The van der Waals surface area contributed by atoms with Crippen LogP contribution in [-0.4, -0.2) is 30.5 Å². The summed E-state index contributed by atoms with van der Waals surface area (Å²) >= 11 is 0. The lowest BCUT2D eigenvalue weighted by Gasteiger charge is -2.14. The van der Waals surface area contributed by atoms with Gasteiger partial charge in [-0.1, -0.05) is 6.07 Å². The van der Waals surface area contributed by atoms with Crippen molar-refractivity contribution in [3.63, 3.8) is 0 Å². The van der Waals surface area contributed by atoms with Crippen LogP contribution in [0.4, 0.5) is 11.5 Å². The first kappa shape index (κ1) is 20.8. The summed E-state index contributed by atoms with van der Waals surface area (Å²) in [5.41, 5.74) is 5.04. The Bertz CT molecular complexity index is 1330. The molecule has 160 valence electrons. The molecule has 31 heavy (non-hydrogen) atoms. The number of fused-ring (bicyclic) bond motifs is 1. The predicted molar refractivity (Wildman–Crippen MR) is 124 cm³/mol. The Kier molecular flexibility index (Phi) is 5.15. The average Bonchev–Trinajstić information content (AvgIpc) is 3.11. The van der Waals surface area contributed by atoms with Crippen molar-refractivity contribution in [3.05, 3.63) is 69.9 Å². The van der Waals surface area contributed by atoms with Gasteiger partial charge in [-0.2, -0.15) is 5.10 Å². The van der Waals surface area contributed by atoms with Crippen molar-refractivity contribution in [1.29, 1.82) is 0 Å². The molecule has 0 saturated heterocycles. The third kappa shape index (κ3) is 4.36. The number of hydrogen-bond donors (Lipinski definition) is 3. The topological polar surface area (TPSA) is 95.8 Å². The highest BCUT2D eigenvalue weighted by Crippen LogP contribution is 2.28. The molecule has 0 aliphatic heterocycles. The molecular weight excluding hydrogens is 390 g/mol. The maximum atomic E-state index is 13.1. The number of aliphatic hydroxyl groups is 1. The van der Waals surface area contributed by atoms with E-state index in [4.69, 9.17) is 0 Å². The van der Waals surface area contributed by atoms with E-state index in [1.54, 1.807) is 31.7 Å². The molecule has 0 bridgehead atoms. The van der Waals surface area contributed by atoms with Crippen LogP contribution < -0.4 is 10.9 Å². The Labute approximate surface area is 180 Å². The first-order chi connectivity index (χ1) is 14.6. The number of nitrogens with zero attached hydrogens (tertiary/aromatic N) is 3. The summed E-state index contributed by atoms with van der Waals surface area (Å²) < 4.78 is 1.68. The molecule has 0 unspecified atom stereocenters. The maximum absolute atomic E-state index is 13.1. The standard InChI is InChI=1S/C24H27N5O2/c1-14-6-7-17(26-22-11-18(27-28-22)12-24(3,4)31)10-19(14)20-9-16-13-25-15(2)8-21(16)29(5)23(20)30/h6-11,13,31H,12H2,1-5H3,(H2,26,27,28). The van der Waals surface area contributed by atoms with E-state index in [-0.39, 0.29) is 5.56 Å². The SMILES string of the molecule is Cc1cc2c(cn1)cc(-c1cc(Nc3cc(CC(C)(C)O)[nH]n3)ccc1C)c(=O)n2C. The third-order valence-electron chi connectivity index (χ3n) is 5.30. The van der Waals surface area contributed by atoms with Crippen LogP contribution in [0, 0.1) is 13.8 Å². The van der Waals surface area contributed by atoms with Gasteiger partial charge in [0.1, 0.15) is 0 Å². The van der Waals surface area contributed by atoms with Crippen LogP contribution in [-0.2, 0) is 13.5 Å². The quantitative estimate of drug-likeness (QED) is 0.456. The van der Waals surface area contributed by atoms with Crippen LogP contribution in [0.25, 0.3) is 22.0 Å². The van der Waals surface area contributed by atoms with Crippen molar-refractivity contribution in [1.82, 2.24) is 19.7 Å². The molecule has 0 aliphatic carbocycles. The van der Waals surface area contributed by atoms with Crippen LogP contribution in [0.15, 0.2) is 47.4 Å². The number of benzene rings is 1. The Hall–Kier alpha value is -3.45. The number of aromatic amines is 1. The van der Waals surface area contributed by atoms with E-state index in [1.807, 2.05) is 50.2 Å². The highest BCUT2D eigenvalue weighted by Gasteiger charge is 2.16. The molecule has 0 saturated carbocycles. The number of pyridine rings is 2. The maximum Gasteiger partial charge on any atom is 0.258 e. The number of H-pyrrole nitrogens is 1. The summed E-state index contributed by atoms with van der Waals surface area (Å²) in [6, 6.07) is 11.6. The first-order valence-corrected chi connectivity index (χ1v) is 10.2. The second-order valence-electron chi connectivity index (χ2n) is 8.73. The molecule has 0 fully saturated rings. The van der Waals surface area contributed by atoms with Crippen molar-refractivity contribution in [2.75, 3.05) is 5.32 Å². The molecule has 0 aliphatic rings. The zero-order chi connectivity index (χ0) is 22.3. The minimum Gasteiger partial charge on any atom is -0.390 e. The van der Waals surface area contributed by atoms with E-state index >= 15 is 0 Å². The van der Waals surface area contributed by atoms with E-state index in [9.17, 15) is 9.90 Å². The van der Waals surface area contributed by atoms with Crippen LogP contribution in [0.5, 0.6) is 0 Å². The fourth-order valence-corrected chi connectivity index (χ4v) is 3.78. The van der Waals surface area contributed by atoms with Gasteiger partial charge < -0.3 is 15.0 Å². The second-order valence-corrected chi connectivity index (χ2v) is 8.73. The van der Waals surface area contributed by atoms with Crippen LogP contribution in [0.2, 0.25) is 0 Å². The van der Waals surface area contributed by atoms with Gasteiger partial charge in [0, 0.05) is 53.8 Å². The lowest BCUT2D eigenvalue weighted by atomic mass is 9.99. The highest BCUT2D eigenvalue weighted by atomic mass is 16.3. The van der Waals surface area contributed by atoms with Gasteiger partial charge in [-0.3, -0.25) is 14.9 Å². The Balaban J connectivity index is 1.71. The molecule has 7 nitrogen and oxygen atoms in total. The lowest BCUT2D eigenvalue weighted by Crippen LogP contribution is -2.21. The zero-order valence-corrected chi connectivity index (χ0v) is 18.4. The van der Waals surface area contributed by atoms with Crippen LogP contribution in [0.1, 0.15) is 30.8 Å². The lowest BCUT2D eigenvalue weighted by molar-refractivity contribution is 0.0799. The smallest absolute Gasteiger partial charge is 0.258 e. The normalized spacial score (nSPS) is 11.8. The number of anilines is 2. The molecule has 0 amide bonds. The van der Waals surface area contributed by atoms with Gasteiger partial charge in [-0.05, 0) is 63.1 Å². The molecule has 3 N–H and O–H groups in total. The minimum absolute atomic E-state index is 0.0504.